The van der Waals surface area contributed by atoms with Crippen molar-refractivity contribution >= 4 is 5.97 Å². The minimum Gasteiger partial charge on any atom is -0.491 e. The molecule has 2 atom stereocenters. The SMILES string of the molecule is CC(=O)O[C@H](C)C[C@H](C)Oc1ccc(-c2ccc(C#N)cc2)cc1. The number of ether oxygens (including phenoxy) is 2. The zero-order valence-corrected chi connectivity index (χ0v) is 14.2. The van der Waals surface area contributed by atoms with Crippen LogP contribution in [0.2, 0.25) is 0 Å². The highest BCUT2D eigenvalue weighted by atomic mass is 16.5. The largest absolute Gasteiger partial charge is 0.491 e. The molecule has 0 bridgehead atoms. The number of esters is 1. The second-order valence-electron chi connectivity index (χ2n) is 5.80. The van der Waals surface area contributed by atoms with Gasteiger partial charge in [-0.15, -0.1) is 0 Å². The lowest BCUT2D eigenvalue weighted by Crippen LogP contribution is -2.22. The minimum absolute atomic E-state index is 0.0555. The summed E-state index contributed by atoms with van der Waals surface area (Å²) in [5, 5.41) is 8.84. The molecule has 4 nitrogen and oxygen atoms in total. The van der Waals surface area contributed by atoms with Gasteiger partial charge in [-0.1, -0.05) is 24.3 Å². The molecule has 2 aromatic rings. The number of carbonyl (C=O) groups is 1. The normalized spacial score (nSPS) is 12.8. The predicted molar refractivity (Wildman–Crippen MR) is 92.5 cm³/mol. The minimum atomic E-state index is -0.276. The second-order valence-corrected chi connectivity index (χ2v) is 5.80. The molecule has 0 radical (unpaired) electrons. The summed E-state index contributed by atoms with van der Waals surface area (Å²) in [5.41, 5.74) is 2.76. The first-order valence-corrected chi connectivity index (χ1v) is 7.92. The van der Waals surface area contributed by atoms with Gasteiger partial charge in [0.05, 0.1) is 17.7 Å². The molecule has 124 valence electrons. The summed E-state index contributed by atoms with van der Waals surface area (Å²) in [6, 6.07) is 17.4. The van der Waals surface area contributed by atoms with E-state index < -0.39 is 0 Å². The average molecular weight is 323 g/mol. The van der Waals surface area contributed by atoms with E-state index in [1.807, 2.05) is 50.2 Å². The molecule has 0 saturated heterocycles. The molecule has 24 heavy (non-hydrogen) atoms. The summed E-state index contributed by atoms with van der Waals surface area (Å²) in [6.07, 6.45) is 0.410. The van der Waals surface area contributed by atoms with E-state index in [-0.39, 0.29) is 18.2 Å². The summed E-state index contributed by atoms with van der Waals surface area (Å²) in [4.78, 5) is 10.9. The number of nitriles is 1. The lowest BCUT2D eigenvalue weighted by atomic mass is 10.0. The van der Waals surface area contributed by atoms with Crippen LogP contribution >= 0.6 is 0 Å². The molecule has 0 fully saturated rings. The van der Waals surface area contributed by atoms with Crippen LogP contribution in [0.25, 0.3) is 11.1 Å². The van der Waals surface area contributed by atoms with Crippen molar-refractivity contribution < 1.29 is 14.3 Å². The number of carbonyl (C=O) groups excluding carboxylic acids is 1. The van der Waals surface area contributed by atoms with Gasteiger partial charge in [-0.2, -0.15) is 5.26 Å². The Bertz CT molecular complexity index is 714. The number of rotatable bonds is 6. The number of hydrogen-bond donors (Lipinski definition) is 0. The molecule has 0 spiro atoms. The third kappa shape index (κ3) is 5.13. The molecule has 2 aromatic carbocycles. The summed E-state index contributed by atoms with van der Waals surface area (Å²) in [5.74, 6) is 0.497. The van der Waals surface area contributed by atoms with E-state index >= 15 is 0 Å². The Morgan fingerprint density at radius 2 is 1.54 bits per heavy atom. The van der Waals surface area contributed by atoms with Crippen molar-refractivity contribution in [3.8, 4) is 22.9 Å². The van der Waals surface area contributed by atoms with E-state index in [9.17, 15) is 4.79 Å². The van der Waals surface area contributed by atoms with E-state index in [2.05, 4.69) is 6.07 Å². The first-order chi connectivity index (χ1) is 11.5. The fourth-order valence-electron chi connectivity index (χ4n) is 2.54. The third-order valence-electron chi connectivity index (χ3n) is 3.57. The summed E-state index contributed by atoms with van der Waals surface area (Å²) < 4.78 is 11.0. The van der Waals surface area contributed by atoms with Crippen LogP contribution in [0.3, 0.4) is 0 Å². The van der Waals surface area contributed by atoms with Crippen molar-refractivity contribution in [3.05, 3.63) is 54.1 Å². The van der Waals surface area contributed by atoms with Crippen LogP contribution in [-0.4, -0.2) is 18.2 Å². The van der Waals surface area contributed by atoms with Gasteiger partial charge in [0.1, 0.15) is 11.9 Å². The molecule has 2 rings (SSSR count). The van der Waals surface area contributed by atoms with Gasteiger partial charge < -0.3 is 9.47 Å². The monoisotopic (exact) mass is 323 g/mol. The van der Waals surface area contributed by atoms with Crippen LogP contribution in [0.15, 0.2) is 48.5 Å². The fraction of sp³-hybridized carbons (Fsp3) is 0.300. The lowest BCUT2D eigenvalue weighted by Gasteiger charge is -2.19. The highest BCUT2D eigenvalue weighted by Crippen LogP contribution is 2.23. The molecule has 0 unspecified atom stereocenters. The third-order valence-corrected chi connectivity index (χ3v) is 3.57. The van der Waals surface area contributed by atoms with E-state index in [4.69, 9.17) is 14.7 Å². The van der Waals surface area contributed by atoms with E-state index in [0.717, 1.165) is 16.9 Å². The Labute approximate surface area is 142 Å². The summed E-state index contributed by atoms with van der Waals surface area (Å²) in [6.45, 7) is 5.22. The zero-order valence-electron chi connectivity index (χ0n) is 14.2. The highest BCUT2D eigenvalue weighted by molar-refractivity contribution is 5.66. The first kappa shape index (κ1) is 17.6. The molecule has 0 saturated carbocycles. The van der Waals surface area contributed by atoms with Crippen molar-refractivity contribution in [2.75, 3.05) is 0 Å². The van der Waals surface area contributed by atoms with Gasteiger partial charge >= 0.3 is 5.97 Å². The van der Waals surface area contributed by atoms with Crippen molar-refractivity contribution in [2.45, 2.75) is 39.4 Å². The molecule has 0 N–H and O–H groups in total. The number of hydrogen-bond acceptors (Lipinski definition) is 4. The Hall–Kier alpha value is -2.80. The summed E-state index contributed by atoms with van der Waals surface area (Å²) in [7, 11) is 0. The smallest absolute Gasteiger partial charge is 0.302 e. The molecular formula is C20H21NO3. The fourth-order valence-corrected chi connectivity index (χ4v) is 2.54. The highest BCUT2D eigenvalue weighted by Gasteiger charge is 2.12. The maximum absolute atomic E-state index is 10.9. The summed E-state index contributed by atoms with van der Waals surface area (Å²) >= 11 is 0. The van der Waals surface area contributed by atoms with Gasteiger partial charge in [-0.05, 0) is 49.2 Å². The second kappa shape index (κ2) is 8.16. The molecule has 0 aliphatic rings. The maximum Gasteiger partial charge on any atom is 0.302 e. The van der Waals surface area contributed by atoms with Crippen molar-refractivity contribution in [1.82, 2.24) is 0 Å². The zero-order chi connectivity index (χ0) is 17.5. The quantitative estimate of drug-likeness (QED) is 0.742. The van der Waals surface area contributed by atoms with Crippen LogP contribution < -0.4 is 4.74 Å². The number of benzene rings is 2. The van der Waals surface area contributed by atoms with Gasteiger partial charge in [-0.3, -0.25) is 4.79 Å². The molecule has 0 aromatic heterocycles. The first-order valence-electron chi connectivity index (χ1n) is 7.92. The average Bonchev–Trinajstić information content (AvgIpc) is 2.54. The Morgan fingerprint density at radius 1 is 1.00 bits per heavy atom. The molecular weight excluding hydrogens is 302 g/mol. The molecule has 0 heterocycles. The van der Waals surface area contributed by atoms with Crippen LogP contribution in [0.4, 0.5) is 0 Å². The molecule has 4 heteroatoms. The van der Waals surface area contributed by atoms with E-state index in [1.165, 1.54) is 6.92 Å². The van der Waals surface area contributed by atoms with Crippen LogP contribution in [-0.2, 0) is 9.53 Å². The van der Waals surface area contributed by atoms with Gasteiger partial charge in [0, 0.05) is 13.3 Å². The van der Waals surface area contributed by atoms with Gasteiger partial charge in [0.25, 0.3) is 0 Å². The van der Waals surface area contributed by atoms with E-state index in [1.54, 1.807) is 12.1 Å². The van der Waals surface area contributed by atoms with Crippen molar-refractivity contribution in [2.24, 2.45) is 0 Å². The topological polar surface area (TPSA) is 59.3 Å². The van der Waals surface area contributed by atoms with E-state index in [0.29, 0.717) is 12.0 Å². The Morgan fingerprint density at radius 3 is 2.04 bits per heavy atom. The van der Waals surface area contributed by atoms with Crippen molar-refractivity contribution in [3.63, 3.8) is 0 Å². The maximum atomic E-state index is 10.9. The Kier molecular flexibility index (Phi) is 5.97. The van der Waals surface area contributed by atoms with Crippen LogP contribution in [0, 0.1) is 11.3 Å². The molecule has 0 aliphatic carbocycles. The van der Waals surface area contributed by atoms with Gasteiger partial charge in [0.2, 0.25) is 0 Å². The Balaban J connectivity index is 1.96. The van der Waals surface area contributed by atoms with Gasteiger partial charge in [-0.25, -0.2) is 0 Å². The predicted octanol–water partition coefficient (Wildman–Crippen LogP) is 4.33. The van der Waals surface area contributed by atoms with Crippen LogP contribution in [0.1, 0.15) is 32.8 Å². The standard InChI is InChI=1S/C20H21NO3/c1-14(23-16(3)22)12-15(2)24-20-10-8-19(9-11-20)18-6-4-17(13-21)5-7-18/h4-11,14-15H,12H2,1-3H3/t14-,15+/m1/s1. The van der Waals surface area contributed by atoms with Crippen molar-refractivity contribution in [1.29, 1.82) is 5.26 Å². The molecule has 0 amide bonds. The van der Waals surface area contributed by atoms with Gasteiger partial charge in [0.15, 0.2) is 0 Å². The lowest BCUT2D eigenvalue weighted by molar-refractivity contribution is -0.146. The van der Waals surface area contributed by atoms with Crippen LogP contribution in [0.5, 0.6) is 5.75 Å². The molecule has 0 aliphatic heterocycles. The number of nitrogens with zero attached hydrogens (tertiary/aromatic N) is 1.